The molecule has 0 bridgehead atoms. The first-order chi connectivity index (χ1) is 11.9. The number of allylic oxidation sites excluding steroid dienone is 1. The molecule has 0 aromatic heterocycles. The lowest BCUT2D eigenvalue weighted by molar-refractivity contribution is -0.147. The van der Waals surface area contributed by atoms with E-state index >= 15 is 0 Å². The topological polar surface area (TPSA) is 72.8 Å². The summed E-state index contributed by atoms with van der Waals surface area (Å²) in [6.07, 6.45) is 11.2. The Hall–Kier alpha value is -1.62. The van der Waals surface area contributed by atoms with Crippen LogP contribution in [0.15, 0.2) is 25.3 Å². The highest BCUT2D eigenvalue weighted by atomic mass is 16.6. The molecule has 0 fully saturated rings. The highest BCUT2D eigenvalue weighted by Crippen LogP contribution is 2.07. The first-order valence-electron chi connectivity index (χ1n) is 9.11. The number of aliphatic carboxylic acids is 1. The smallest absolute Gasteiger partial charge is 0.332 e. The van der Waals surface area contributed by atoms with Crippen LogP contribution in [0.2, 0.25) is 0 Å². The molecule has 0 aromatic rings. The lowest BCUT2D eigenvalue weighted by Gasteiger charge is -2.05. The summed E-state index contributed by atoms with van der Waals surface area (Å²) in [6.45, 7) is 12.2. The molecule has 0 rings (SSSR count). The third-order valence-corrected chi connectivity index (χ3v) is 3.22. The fraction of sp³-hybridized carbons (Fsp3) is 0.700. The van der Waals surface area contributed by atoms with Gasteiger partial charge in [0.1, 0.15) is 13.2 Å². The van der Waals surface area contributed by atoms with Crippen LogP contribution < -0.4 is 0 Å². The maximum atomic E-state index is 10.9. The summed E-state index contributed by atoms with van der Waals surface area (Å²) in [5.41, 5.74) is 0. The second-order valence-corrected chi connectivity index (χ2v) is 6.20. The zero-order valence-electron chi connectivity index (χ0n) is 16.0. The Morgan fingerprint density at radius 2 is 1.68 bits per heavy atom. The molecule has 0 amide bonds. The Morgan fingerprint density at radius 3 is 2.24 bits per heavy atom. The SMILES string of the molecule is C=CCCCCCCCC(=O)O.C=CCOC(=O)COCCC(C)C. The second kappa shape index (κ2) is 20.4. The van der Waals surface area contributed by atoms with Crippen molar-refractivity contribution in [2.24, 2.45) is 5.92 Å². The molecule has 0 unspecified atom stereocenters. The maximum absolute atomic E-state index is 10.9. The third kappa shape index (κ3) is 27.5. The summed E-state index contributed by atoms with van der Waals surface area (Å²) in [7, 11) is 0. The monoisotopic (exact) mass is 356 g/mol. The molecule has 5 heteroatoms. The molecular formula is C20H36O5. The Balaban J connectivity index is 0. The maximum Gasteiger partial charge on any atom is 0.332 e. The van der Waals surface area contributed by atoms with E-state index in [0.29, 0.717) is 18.9 Å². The van der Waals surface area contributed by atoms with E-state index < -0.39 is 5.97 Å². The first-order valence-corrected chi connectivity index (χ1v) is 9.11. The molecule has 1 N–H and O–H groups in total. The van der Waals surface area contributed by atoms with Gasteiger partial charge in [-0.15, -0.1) is 6.58 Å². The molecule has 0 aliphatic heterocycles. The minimum atomic E-state index is -0.680. The zero-order chi connectivity index (χ0) is 19.3. The van der Waals surface area contributed by atoms with Crippen molar-refractivity contribution in [3.8, 4) is 0 Å². The molecule has 0 saturated carbocycles. The number of rotatable bonds is 15. The van der Waals surface area contributed by atoms with Gasteiger partial charge in [0.2, 0.25) is 0 Å². The van der Waals surface area contributed by atoms with Crippen molar-refractivity contribution in [1.29, 1.82) is 0 Å². The fourth-order valence-electron chi connectivity index (χ4n) is 1.76. The zero-order valence-corrected chi connectivity index (χ0v) is 16.0. The van der Waals surface area contributed by atoms with E-state index in [4.69, 9.17) is 14.6 Å². The van der Waals surface area contributed by atoms with Crippen molar-refractivity contribution in [3.05, 3.63) is 25.3 Å². The van der Waals surface area contributed by atoms with Crippen LogP contribution in [-0.4, -0.2) is 36.9 Å². The average Bonchev–Trinajstić information content (AvgIpc) is 2.56. The standard InChI is InChI=1S/C10H18O3.C10H18O2/c1-4-6-13-10(11)8-12-7-5-9(2)3;1-2-3-4-5-6-7-8-9-10(11)12/h4,9H,1,5-8H2,2-3H3;2H,1,3-9H2,(H,11,12). The van der Waals surface area contributed by atoms with Crippen molar-refractivity contribution in [3.63, 3.8) is 0 Å². The van der Waals surface area contributed by atoms with Crippen LogP contribution in [0.5, 0.6) is 0 Å². The van der Waals surface area contributed by atoms with E-state index in [2.05, 4.69) is 27.0 Å². The van der Waals surface area contributed by atoms with E-state index in [0.717, 1.165) is 32.1 Å². The van der Waals surface area contributed by atoms with Gasteiger partial charge in [-0.25, -0.2) is 4.79 Å². The summed E-state index contributed by atoms with van der Waals surface area (Å²) < 4.78 is 9.81. The number of unbranched alkanes of at least 4 members (excludes halogenated alkanes) is 5. The lowest BCUT2D eigenvalue weighted by atomic mass is 10.1. The molecule has 0 radical (unpaired) electrons. The molecule has 25 heavy (non-hydrogen) atoms. The van der Waals surface area contributed by atoms with Crippen LogP contribution >= 0.6 is 0 Å². The molecule has 5 nitrogen and oxygen atoms in total. The predicted octanol–water partition coefficient (Wildman–Crippen LogP) is 4.77. The van der Waals surface area contributed by atoms with Gasteiger partial charge in [-0.3, -0.25) is 4.79 Å². The van der Waals surface area contributed by atoms with E-state index in [-0.39, 0.29) is 19.2 Å². The van der Waals surface area contributed by atoms with Gasteiger partial charge in [0.25, 0.3) is 0 Å². The van der Waals surface area contributed by atoms with Gasteiger partial charge >= 0.3 is 11.9 Å². The Bertz CT molecular complexity index is 350. The number of esters is 1. The van der Waals surface area contributed by atoms with Gasteiger partial charge < -0.3 is 14.6 Å². The number of carbonyl (C=O) groups excluding carboxylic acids is 1. The number of carboxylic acids is 1. The van der Waals surface area contributed by atoms with Crippen molar-refractivity contribution >= 4 is 11.9 Å². The molecule has 0 aliphatic carbocycles. The van der Waals surface area contributed by atoms with Crippen LogP contribution in [0, 0.1) is 5.92 Å². The summed E-state index contributed by atoms with van der Waals surface area (Å²) >= 11 is 0. The predicted molar refractivity (Wildman–Crippen MR) is 102 cm³/mol. The van der Waals surface area contributed by atoms with Crippen molar-refractivity contribution < 1.29 is 24.2 Å². The number of carboxylic acid groups (broad SMARTS) is 1. The lowest BCUT2D eigenvalue weighted by Crippen LogP contribution is -2.13. The van der Waals surface area contributed by atoms with Gasteiger partial charge in [0.05, 0.1) is 0 Å². The highest BCUT2D eigenvalue weighted by molar-refractivity contribution is 5.70. The summed E-state index contributed by atoms with van der Waals surface area (Å²) in [4.78, 5) is 21.0. The van der Waals surface area contributed by atoms with Gasteiger partial charge in [0.15, 0.2) is 0 Å². The van der Waals surface area contributed by atoms with Gasteiger partial charge in [-0.05, 0) is 31.6 Å². The fourth-order valence-corrected chi connectivity index (χ4v) is 1.76. The Labute approximate surface area is 153 Å². The largest absolute Gasteiger partial charge is 0.481 e. The van der Waals surface area contributed by atoms with Crippen molar-refractivity contribution in [2.75, 3.05) is 19.8 Å². The number of carbonyl (C=O) groups is 2. The van der Waals surface area contributed by atoms with E-state index in [1.165, 1.54) is 18.9 Å². The second-order valence-electron chi connectivity index (χ2n) is 6.20. The van der Waals surface area contributed by atoms with E-state index in [9.17, 15) is 9.59 Å². The minimum Gasteiger partial charge on any atom is -0.481 e. The average molecular weight is 357 g/mol. The van der Waals surface area contributed by atoms with Crippen LogP contribution in [-0.2, 0) is 19.1 Å². The van der Waals surface area contributed by atoms with Crippen molar-refractivity contribution in [2.45, 2.75) is 65.2 Å². The van der Waals surface area contributed by atoms with E-state index in [1.807, 2.05) is 6.08 Å². The summed E-state index contributed by atoms with van der Waals surface area (Å²) in [6, 6.07) is 0. The quantitative estimate of drug-likeness (QED) is 0.260. The van der Waals surface area contributed by atoms with Gasteiger partial charge in [0, 0.05) is 13.0 Å². The molecule has 0 heterocycles. The number of ether oxygens (including phenoxy) is 2. The van der Waals surface area contributed by atoms with Gasteiger partial charge in [-0.2, -0.15) is 0 Å². The molecule has 0 aliphatic rings. The summed E-state index contributed by atoms with van der Waals surface area (Å²) in [5, 5.41) is 8.34. The van der Waals surface area contributed by atoms with Crippen LogP contribution in [0.4, 0.5) is 0 Å². The third-order valence-electron chi connectivity index (χ3n) is 3.22. The van der Waals surface area contributed by atoms with E-state index in [1.54, 1.807) is 0 Å². The number of hydrogen-bond donors (Lipinski definition) is 1. The molecular weight excluding hydrogens is 320 g/mol. The van der Waals surface area contributed by atoms with Crippen molar-refractivity contribution in [1.82, 2.24) is 0 Å². The normalized spacial score (nSPS) is 9.88. The minimum absolute atomic E-state index is 0.0422. The van der Waals surface area contributed by atoms with Crippen LogP contribution in [0.1, 0.15) is 65.2 Å². The number of hydrogen-bond acceptors (Lipinski definition) is 4. The van der Waals surface area contributed by atoms with Crippen LogP contribution in [0.25, 0.3) is 0 Å². The molecule has 0 aromatic carbocycles. The first kappa shape index (κ1) is 25.6. The Morgan fingerprint density at radius 1 is 1.04 bits per heavy atom. The Kier molecular flexibility index (Phi) is 20.9. The molecule has 146 valence electrons. The highest BCUT2D eigenvalue weighted by Gasteiger charge is 2.01. The molecule has 0 spiro atoms. The molecule has 0 atom stereocenters. The van der Waals surface area contributed by atoms with Crippen LogP contribution in [0.3, 0.4) is 0 Å². The molecule has 0 saturated heterocycles. The summed E-state index contributed by atoms with van der Waals surface area (Å²) in [5.74, 6) is -0.408. The van der Waals surface area contributed by atoms with Gasteiger partial charge in [-0.1, -0.05) is 51.8 Å².